The summed E-state index contributed by atoms with van der Waals surface area (Å²) in [6, 6.07) is 21.4. The molecule has 1 N–H and O–H groups in total. The summed E-state index contributed by atoms with van der Waals surface area (Å²) in [5, 5.41) is 0.948. The Morgan fingerprint density at radius 1 is 0.839 bits per heavy atom. The van der Waals surface area contributed by atoms with Crippen LogP contribution in [0.15, 0.2) is 71.5 Å². The summed E-state index contributed by atoms with van der Waals surface area (Å²) in [6.07, 6.45) is 0. The van der Waals surface area contributed by atoms with Gasteiger partial charge in [-0.15, -0.1) is 0 Å². The summed E-state index contributed by atoms with van der Waals surface area (Å²) in [7, 11) is 0. The summed E-state index contributed by atoms with van der Waals surface area (Å²) in [5.74, 6) is -0.124. The number of hydrogen-bond donors (Lipinski definition) is 1. The number of aromatic amines is 1. The van der Waals surface area contributed by atoms with Crippen LogP contribution in [-0.2, 0) is 6.54 Å². The Balaban J connectivity index is 1.83. The van der Waals surface area contributed by atoms with Crippen molar-refractivity contribution in [2.75, 3.05) is 4.90 Å². The summed E-state index contributed by atoms with van der Waals surface area (Å²) in [5.41, 5.74) is 6.75. The molecule has 31 heavy (non-hydrogen) atoms. The highest BCUT2D eigenvalue weighted by molar-refractivity contribution is 6.06. The van der Waals surface area contributed by atoms with Crippen LogP contribution in [0.2, 0.25) is 0 Å². The fourth-order valence-electron chi connectivity index (χ4n) is 3.86. The Morgan fingerprint density at radius 3 is 2.32 bits per heavy atom. The van der Waals surface area contributed by atoms with Crippen molar-refractivity contribution < 1.29 is 4.79 Å². The van der Waals surface area contributed by atoms with E-state index in [0.717, 1.165) is 38.8 Å². The third-order valence-electron chi connectivity index (χ3n) is 5.57. The molecule has 0 aliphatic rings. The second kappa shape index (κ2) is 8.23. The van der Waals surface area contributed by atoms with Crippen molar-refractivity contribution in [1.29, 1.82) is 0 Å². The second-order valence-corrected chi connectivity index (χ2v) is 8.27. The lowest BCUT2D eigenvalue weighted by molar-refractivity contribution is 0.0985. The molecular formula is C27H26N2O2. The Bertz CT molecular complexity index is 1350. The van der Waals surface area contributed by atoms with Gasteiger partial charge in [-0.1, -0.05) is 42.0 Å². The molecule has 1 heterocycles. The maximum Gasteiger partial charge on any atom is 0.258 e. The van der Waals surface area contributed by atoms with Crippen LogP contribution >= 0.6 is 0 Å². The average molecular weight is 411 g/mol. The smallest absolute Gasteiger partial charge is 0.258 e. The predicted octanol–water partition coefficient (Wildman–Crippen LogP) is 5.61. The van der Waals surface area contributed by atoms with Gasteiger partial charge in [0.2, 0.25) is 0 Å². The van der Waals surface area contributed by atoms with Gasteiger partial charge in [0.25, 0.3) is 11.5 Å². The molecule has 1 aromatic heterocycles. The zero-order valence-electron chi connectivity index (χ0n) is 18.3. The second-order valence-electron chi connectivity index (χ2n) is 8.27. The van der Waals surface area contributed by atoms with Crippen molar-refractivity contribution in [3.63, 3.8) is 0 Å². The Hall–Kier alpha value is -3.66. The maximum absolute atomic E-state index is 13.6. The quantitative estimate of drug-likeness (QED) is 0.475. The molecular weight excluding hydrogens is 384 g/mol. The first kappa shape index (κ1) is 20.6. The van der Waals surface area contributed by atoms with Crippen LogP contribution < -0.4 is 10.5 Å². The molecule has 0 spiro atoms. The Kier molecular flexibility index (Phi) is 5.47. The molecule has 0 saturated carbocycles. The third-order valence-corrected chi connectivity index (χ3v) is 5.57. The summed E-state index contributed by atoms with van der Waals surface area (Å²) >= 11 is 0. The number of anilines is 1. The standard InChI is InChI=1S/C27H26N2O2/c1-17-6-5-7-22(12-17)27(31)29(25-14-19(3)8-10-20(25)4)16-23-15-21-11-9-18(2)13-24(21)28-26(23)30/h5-15H,16H2,1-4H3,(H,28,30). The van der Waals surface area contributed by atoms with Gasteiger partial charge in [0.15, 0.2) is 0 Å². The highest BCUT2D eigenvalue weighted by Crippen LogP contribution is 2.26. The lowest BCUT2D eigenvalue weighted by Crippen LogP contribution is -2.33. The highest BCUT2D eigenvalue weighted by Gasteiger charge is 2.21. The van der Waals surface area contributed by atoms with E-state index in [1.54, 1.807) is 4.90 Å². The van der Waals surface area contributed by atoms with Crippen molar-refractivity contribution >= 4 is 22.5 Å². The Labute approximate surface area is 182 Å². The van der Waals surface area contributed by atoms with E-state index in [2.05, 4.69) is 4.98 Å². The first-order valence-corrected chi connectivity index (χ1v) is 10.4. The number of hydrogen-bond acceptors (Lipinski definition) is 2. The van der Waals surface area contributed by atoms with Gasteiger partial charge in [-0.2, -0.15) is 0 Å². The first-order chi connectivity index (χ1) is 14.8. The topological polar surface area (TPSA) is 53.2 Å². The molecule has 0 fully saturated rings. The number of carbonyl (C=O) groups is 1. The minimum absolute atomic E-state index is 0.124. The van der Waals surface area contributed by atoms with Crippen molar-refractivity contribution in [3.05, 3.63) is 110 Å². The molecule has 0 radical (unpaired) electrons. The van der Waals surface area contributed by atoms with E-state index in [9.17, 15) is 9.59 Å². The van der Waals surface area contributed by atoms with E-state index in [1.807, 2.05) is 94.4 Å². The number of amides is 1. The van der Waals surface area contributed by atoms with Crippen LogP contribution in [-0.4, -0.2) is 10.9 Å². The minimum Gasteiger partial charge on any atom is -0.322 e. The number of aryl methyl sites for hydroxylation is 4. The molecule has 4 rings (SSSR count). The molecule has 0 unspecified atom stereocenters. The van der Waals surface area contributed by atoms with E-state index in [-0.39, 0.29) is 18.0 Å². The van der Waals surface area contributed by atoms with E-state index in [1.165, 1.54) is 0 Å². The summed E-state index contributed by atoms with van der Waals surface area (Å²) in [6.45, 7) is 8.14. The number of aromatic nitrogens is 1. The Morgan fingerprint density at radius 2 is 1.55 bits per heavy atom. The molecule has 4 nitrogen and oxygen atoms in total. The van der Waals surface area contributed by atoms with Crippen LogP contribution in [0.25, 0.3) is 10.9 Å². The van der Waals surface area contributed by atoms with Crippen molar-refractivity contribution in [2.45, 2.75) is 34.2 Å². The normalized spacial score (nSPS) is 11.0. The SMILES string of the molecule is Cc1cccc(C(=O)N(Cc2cc3ccc(C)cc3[nH]c2=O)c2cc(C)ccc2C)c1. The molecule has 0 aliphatic heterocycles. The zero-order chi connectivity index (χ0) is 22.1. The number of fused-ring (bicyclic) bond motifs is 1. The average Bonchev–Trinajstić information content (AvgIpc) is 2.73. The minimum atomic E-state index is -0.176. The zero-order valence-corrected chi connectivity index (χ0v) is 18.3. The first-order valence-electron chi connectivity index (χ1n) is 10.4. The van der Waals surface area contributed by atoms with Gasteiger partial charge < -0.3 is 9.88 Å². The maximum atomic E-state index is 13.6. The van der Waals surface area contributed by atoms with Crippen LogP contribution in [0.4, 0.5) is 5.69 Å². The fourth-order valence-corrected chi connectivity index (χ4v) is 3.86. The van der Waals surface area contributed by atoms with Gasteiger partial charge in [0, 0.05) is 22.3 Å². The molecule has 1 amide bonds. The number of pyridine rings is 1. The van der Waals surface area contributed by atoms with E-state index < -0.39 is 0 Å². The third kappa shape index (κ3) is 4.29. The van der Waals surface area contributed by atoms with Crippen molar-refractivity contribution in [1.82, 2.24) is 4.98 Å². The van der Waals surface area contributed by atoms with Crippen molar-refractivity contribution in [2.24, 2.45) is 0 Å². The lowest BCUT2D eigenvalue weighted by atomic mass is 10.1. The predicted molar refractivity (Wildman–Crippen MR) is 127 cm³/mol. The van der Waals surface area contributed by atoms with Gasteiger partial charge in [-0.05, 0) is 80.1 Å². The van der Waals surface area contributed by atoms with E-state index >= 15 is 0 Å². The molecule has 4 aromatic rings. The largest absolute Gasteiger partial charge is 0.322 e. The highest BCUT2D eigenvalue weighted by atomic mass is 16.2. The lowest BCUT2D eigenvalue weighted by Gasteiger charge is -2.25. The van der Waals surface area contributed by atoms with Gasteiger partial charge in [0.05, 0.1) is 6.54 Å². The molecule has 0 saturated heterocycles. The number of nitrogens with one attached hydrogen (secondary N) is 1. The number of rotatable bonds is 4. The molecule has 156 valence electrons. The summed E-state index contributed by atoms with van der Waals surface area (Å²) in [4.78, 5) is 31.2. The van der Waals surface area contributed by atoms with E-state index in [0.29, 0.717) is 11.1 Å². The molecule has 3 aromatic carbocycles. The van der Waals surface area contributed by atoms with Crippen LogP contribution in [0.3, 0.4) is 0 Å². The van der Waals surface area contributed by atoms with Crippen LogP contribution in [0, 0.1) is 27.7 Å². The number of nitrogens with zero attached hydrogens (tertiary/aromatic N) is 1. The molecule has 0 bridgehead atoms. The van der Waals surface area contributed by atoms with Crippen molar-refractivity contribution in [3.8, 4) is 0 Å². The number of H-pyrrole nitrogens is 1. The molecule has 0 aliphatic carbocycles. The number of benzene rings is 3. The fraction of sp³-hybridized carbons (Fsp3) is 0.185. The summed E-state index contributed by atoms with van der Waals surface area (Å²) < 4.78 is 0. The van der Waals surface area contributed by atoms with Gasteiger partial charge in [-0.25, -0.2) is 0 Å². The van der Waals surface area contributed by atoms with E-state index in [4.69, 9.17) is 0 Å². The number of carbonyl (C=O) groups excluding carboxylic acids is 1. The van der Waals surface area contributed by atoms with Gasteiger partial charge in [-0.3, -0.25) is 9.59 Å². The molecule has 0 atom stereocenters. The molecule has 4 heteroatoms. The van der Waals surface area contributed by atoms with Gasteiger partial charge >= 0.3 is 0 Å². The monoisotopic (exact) mass is 410 g/mol. The van der Waals surface area contributed by atoms with Crippen LogP contribution in [0.5, 0.6) is 0 Å². The van der Waals surface area contributed by atoms with Gasteiger partial charge in [0.1, 0.15) is 0 Å². The van der Waals surface area contributed by atoms with Crippen LogP contribution in [0.1, 0.15) is 38.2 Å².